The fourth-order valence-electron chi connectivity index (χ4n) is 7.69. The lowest BCUT2D eigenvalue weighted by molar-refractivity contribution is 0.0592. The van der Waals surface area contributed by atoms with E-state index in [0.29, 0.717) is 26.8 Å². The molecular weight excluding hydrogens is 940 g/mol. The Labute approximate surface area is 411 Å². The van der Waals surface area contributed by atoms with Crippen LogP contribution < -0.4 is 20.0 Å². The van der Waals surface area contributed by atoms with Gasteiger partial charge in [-0.05, 0) is 89.4 Å². The molecule has 0 radical (unpaired) electrons. The minimum Gasteiger partial charge on any atom is -0.465 e. The number of fused-ring (bicyclic) bond motifs is 2. The van der Waals surface area contributed by atoms with Gasteiger partial charge in [0.15, 0.2) is 5.82 Å². The molecule has 0 saturated carbocycles. The van der Waals surface area contributed by atoms with Crippen molar-refractivity contribution in [2.45, 2.75) is 13.8 Å². The Kier molecular flexibility index (Phi) is 16.7. The molecule has 0 amide bonds. The molecule has 2 saturated heterocycles. The van der Waals surface area contributed by atoms with Gasteiger partial charge in [0.1, 0.15) is 27.6 Å². The summed E-state index contributed by atoms with van der Waals surface area (Å²) in [7, 11) is 1.73. The molecule has 0 spiro atoms. The lowest BCUT2D eigenvalue weighted by Gasteiger charge is -2.36. The number of hydrogen-bond donors (Lipinski definition) is 1. The van der Waals surface area contributed by atoms with E-state index in [1.165, 1.54) is 19.8 Å². The first kappa shape index (κ1) is 48.0. The van der Waals surface area contributed by atoms with Crippen molar-refractivity contribution in [3.63, 3.8) is 0 Å². The Balaban J connectivity index is 0.000000166. The summed E-state index contributed by atoms with van der Waals surface area (Å²) in [5, 5.41) is 3.33. The largest absolute Gasteiger partial charge is 0.465 e. The highest BCUT2D eigenvalue weighted by atomic mass is 79.9. The van der Waals surface area contributed by atoms with Crippen molar-refractivity contribution in [1.82, 2.24) is 35.2 Å². The van der Waals surface area contributed by atoms with Crippen LogP contribution in [0, 0.1) is 13.8 Å². The topological polar surface area (TPSA) is 152 Å². The monoisotopic (exact) mass is 993 g/mol. The second kappa shape index (κ2) is 24.0. The summed E-state index contributed by atoms with van der Waals surface area (Å²) in [4.78, 5) is 58.5. The highest BCUT2D eigenvalue weighted by Crippen LogP contribution is 2.32. The molecule has 4 aromatic heterocycles. The Morgan fingerprint density at radius 3 is 1.51 bits per heavy atom. The van der Waals surface area contributed by atoms with Gasteiger partial charge in [0, 0.05) is 75.9 Å². The number of methoxy groups -OCH3 is 2. The highest BCUT2D eigenvalue weighted by Gasteiger charge is 2.24. The number of nitrogens with one attached hydrogen (secondary N) is 1. The van der Waals surface area contributed by atoms with E-state index < -0.39 is 7.15 Å². The van der Waals surface area contributed by atoms with Gasteiger partial charge in [0.25, 0.3) is 0 Å². The van der Waals surface area contributed by atoms with E-state index in [9.17, 15) is 14.0 Å². The van der Waals surface area contributed by atoms with Crippen LogP contribution in [0.3, 0.4) is 0 Å². The van der Waals surface area contributed by atoms with Gasteiger partial charge in [-0.3, -0.25) is 4.39 Å². The molecule has 1 N–H and O–H groups in total. The maximum absolute atomic E-state index is 12.0. The van der Waals surface area contributed by atoms with Crippen LogP contribution in [0.5, 0.6) is 0 Å². The van der Waals surface area contributed by atoms with Crippen molar-refractivity contribution in [2.75, 3.05) is 88.4 Å². The van der Waals surface area contributed by atoms with Crippen LogP contribution in [-0.4, -0.2) is 116 Å². The van der Waals surface area contributed by atoms with Crippen LogP contribution >= 0.6 is 15.9 Å². The lowest BCUT2D eigenvalue weighted by Crippen LogP contribution is -2.47. The van der Waals surface area contributed by atoms with E-state index in [2.05, 4.69) is 99.2 Å². The number of hydrogen-bond acceptors (Lipinski definition) is 14. The number of rotatable bonds is 7. The number of anilines is 3. The normalized spacial score (nSPS) is 13.4. The Hall–Kier alpha value is -7.43. The molecule has 2 aliphatic heterocycles. The summed E-state index contributed by atoms with van der Waals surface area (Å²) < 4.78 is 25.7. The average molecular weight is 995 g/mol. The fourth-order valence-corrected chi connectivity index (χ4v) is 8.20. The zero-order valence-corrected chi connectivity index (χ0v) is 40.6. The van der Waals surface area contributed by atoms with E-state index >= 15 is 0 Å². The number of esters is 2. The van der Waals surface area contributed by atoms with Crippen LogP contribution in [0.1, 0.15) is 33.2 Å². The molecule has 0 atom stereocenters. The van der Waals surface area contributed by atoms with Gasteiger partial charge in [-0.25, -0.2) is 39.5 Å². The highest BCUT2D eigenvalue weighted by molar-refractivity contribution is 9.10. The molecule has 0 unspecified atom stereocenters. The molecule has 8 aromatic rings. The van der Waals surface area contributed by atoms with Crippen molar-refractivity contribution in [3.8, 4) is 22.5 Å². The van der Waals surface area contributed by atoms with Crippen molar-refractivity contribution in [1.29, 1.82) is 0 Å². The van der Waals surface area contributed by atoms with Crippen molar-refractivity contribution in [3.05, 3.63) is 161 Å². The summed E-state index contributed by atoms with van der Waals surface area (Å²) in [6.07, 6.45) is 3.83. The van der Waals surface area contributed by atoms with Crippen molar-refractivity contribution in [2.24, 2.45) is 0 Å². The first-order valence-electron chi connectivity index (χ1n) is 23.0. The lowest BCUT2D eigenvalue weighted by atomic mass is 10.1. The third-order valence-electron chi connectivity index (χ3n) is 11.3. The number of nitrogens with zero attached hydrogens (tertiary/aromatic N) is 9. The predicted octanol–water partition coefficient (Wildman–Crippen LogP) is 9.34. The minimum absolute atomic E-state index is 0.383. The van der Waals surface area contributed by atoms with Crippen LogP contribution in [0.15, 0.2) is 138 Å². The summed E-state index contributed by atoms with van der Waals surface area (Å²) in [5.41, 5.74) is 9.70. The Morgan fingerprint density at radius 1 is 0.580 bits per heavy atom. The van der Waals surface area contributed by atoms with Gasteiger partial charge >= 0.3 is 11.9 Å². The van der Waals surface area contributed by atoms with Crippen LogP contribution in [0.25, 0.3) is 44.6 Å². The van der Waals surface area contributed by atoms with Crippen molar-refractivity contribution < 1.29 is 24.8 Å². The quantitative estimate of drug-likeness (QED) is 0.151. The van der Waals surface area contributed by atoms with Gasteiger partial charge in [0.05, 0.1) is 55.9 Å². The van der Waals surface area contributed by atoms with E-state index in [1.54, 1.807) is 30.3 Å². The smallest absolute Gasteiger partial charge is 0.337 e. The maximum atomic E-state index is 12.0. The molecule has 354 valence electrons. The summed E-state index contributed by atoms with van der Waals surface area (Å²) in [5.74, 6) is 2.16. The van der Waals surface area contributed by atoms with Crippen LogP contribution in [-0.2, 0) is 9.47 Å². The third kappa shape index (κ3) is 12.6. The number of ether oxygens (including phenoxy) is 2. The summed E-state index contributed by atoms with van der Waals surface area (Å²) in [6, 6.07) is 38.7. The van der Waals surface area contributed by atoms with Gasteiger partial charge < -0.3 is 29.5 Å². The standard InChI is InChI=1S/C26H25N5O2.C16H11BrN2O2.C10H15N3.CH3F/c1-18-8-11-23(27-17-18)30-12-14-31(15-13-30)25-24(19-6-4-3-5-7-19)28-21-10-9-20(26(32)33-2)16-22(21)29-25;1-21-16(20)11-7-8-12-13(9-11)19-15(17)14(18-12)10-5-3-2-4-6-10;1-9-2-3-10(12-8-9)13-6-4-11-5-7-13;1-2/h3-11,16-17H,12-15H2,1-2H3;2-9H,1H3;2-3,8,11H,4-7H2,1H3;1H3/i;;;1D. The number of carbonyl (C=O) groups is 2. The van der Waals surface area contributed by atoms with Crippen molar-refractivity contribution >= 4 is 67.4 Å². The Morgan fingerprint density at radius 2 is 1.03 bits per heavy atom. The molecule has 16 heteroatoms. The number of aryl methyl sites for hydroxylation is 2. The molecule has 2 fully saturated rings. The number of pyridine rings is 2. The number of aromatic nitrogens is 6. The maximum Gasteiger partial charge on any atom is 0.337 e. The molecule has 6 heterocycles. The van der Waals surface area contributed by atoms with E-state index in [1.807, 2.05) is 73.9 Å². The fraction of sp³-hybridized carbons (Fsp3) is 0.245. The number of alkyl halides is 1. The minimum atomic E-state index is -1.00. The molecular formula is C53H54BrFN10O4. The van der Waals surface area contributed by atoms with Gasteiger partial charge in [-0.15, -0.1) is 0 Å². The molecule has 14 nitrogen and oxygen atoms in total. The van der Waals surface area contributed by atoms with Gasteiger partial charge in [0.2, 0.25) is 0 Å². The van der Waals surface area contributed by atoms with Crippen LogP contribution in [0.2, 0.25) is 0 Å². The van der Waals surface area contributed by atoms with E-state index in [4.69, 9.17) is 20.8 Å². The molecule has 2 aliphatic rings. The molecule has 0 bridgehead atoms. The zero-order valence-electron chi connectivity index (χ0n) is 40.0. The summed E-state index contributed by atoms with van der Waals surface area (Å²) >= 11 is 3.44. The first-order chi connectivity index (χ1) is 34.1. The predicted molar refractivity (Wildman–Crippen MR) is 275 cm³/mol. The van der Waals surface area contributed by atoms with Gasteiger partial charge in [-0.1, -0.05) is 72.8 Å². The first-order valence-corrected chi connectivity index (χ1v) is 23.1. The van der Waals surface area contributed by atoms with E-state index in [0.717, 1.165) is 109 Å². The second-order valence-corrected chi connectivity index (χ2v) is 16.7. The number of piperazine rings is 2. The SMILES string of the molecule is COC(=O)c1ccc2nc(-c3ccccc3)c(Br)nc2c1.COC(=O)c1ccc2nc(-c3ccccc3)c(N3CCN(c4ccc(C)cn4)CC3)nc2c1.Cc1ccc(N2CCNCC2)nc1.[2H]CF. The molecule has 4 aromatic carbocycles. The van der Waals surface area contributed by atoms with Crippen LogP contribution in [0.4, 0.5) is 21.8 Å². The Bertz CT molecular complexity index is 2980. The number of benzene rings is 4. The number of carbonyl (C=O) groups excluding carboxylic acids is 2. The van der Waals surface area contributed by atoms with Gasteiger partial charge in [-0.2, -0.15) is 0 Å². The molecule has 0 aliphatic carbocycles. The third-order valence-corrected chi connectivity index (χ3v) is 11.9. The second-order valence-electron chi connectivity index (χ2n) is 16.0. The number of halogens is 2. The average Bonchev–Trinajstić information content (AvgIpc) is 3.41. The van der Waals surface area contributed by atoms with E-state index in [-0.39, 0.29) is 11.9 Å². The zero-order chi connectivity index (χ0) is 49.4. The molecule has 10 rings (SSSR count). The molecule has 69 heavy (non-hydrogen) atoms. The summed E-state index contributed by atoms with van der Waals surface area (Å²) in [6.45, 7) is 11.6.